The number of hydrogen-bond donors (Lipinski definition) is 2. The van der Waals surface area contributed by atoms with Gasteiger partial charge in [0.15, 0.2) is 0 Å². The van der Waals surface area contributed by atoms with Gasteiger partial charge in [-0.1, -0.05) is 12.1 Å². The number of nitrogens with one attached hydrogen (secondary N) is 2. The first kappa shape index (κ1) is 10.1. The van der Waals surface area contributed by atoms with E-state index in [0.29, 0.717) is 0 Å². The molecule has 0 bridgehead atoms. The van der Waals surface area contributed by atoms with E-state index in [0.717, 1.165) is 23.7 Å². The Morgan fingerprint density at radius 3 is 2.71 bits per heavy atom. The zero-order valence-corrected chi connectivity index (χ0v) is 9.57. The summed E-state index contributed by atoms with van der Waals surface area (Å²) in [7, 11) is 1.67. The molecule has 0 radical (unpaired) electrons. The van der Waals surface area contributed by atoms with Crippen LogP contribution in [0.2, 0.25) is 0 Å². The zero-order chi connectivity index (χ0) is 11.7. The second-order valence-corrected chi connectivity index (χ2v) is 4.05. The molecule has 3 rings (SSSR count). The second kappa shape index (κ2) is 4.05. The van der Waals surface area contributed by atoms with Gasteiger partial charge in [0.25, 0.3) is 0 Å². The first-order valence-electron chi connectivity index (χ1n) is 5.57. The third kappa shape index (κ3) is 1.82. The molecule has 88 valence electrons. The minimum atomic E-state index is 0.256. The van der Waals surface area contributed by atoms with Gasteiger partial charge in [-0.25, -0.2) is 0 Å². The van der Waals surface area contributed by atoms with Crippen LogP contribution in [-0.2, 0) is 0 Å². The molecule has 1 aliphatic rings. The lowest BCUT2D eigenvalue weighted by molar-refractivity contribution is 0.414. The highest BCUT2D eigenvalue weighted by Crippen LogP contribution is 2.32. The third-order valence-electron chi connectivity index (χ3n) is 3.01. The summed E-state index contributed by atoms with van der Waals surface area (Å²) in [6.07, 6.45) is 3.44. The van der Waals surface area contributed by atoms with Crippen LogP contribution in [0.5, 0.6) is 5.75 Å². The smallest absolute Gasteiger partial charge is 0.118 e. The lowest BCUT2D eigenvalue weighted by Gasteiger charge is -2.25. The normalized spacial score (nSPS) is 17.8. The highest BCUT2D eigenvalue weighted by atomic mass is 16.5. The van der Waals surface area contributed by atoms with Crippen LogP contribution in [0.1, 0.15) is 11.6 Å². The fourth-order valence-electron chi connectivity index (χ4n) is 2.03. The molecule has 2 heterocycles. The zero-order valence-electron chi connectivity index (χ0n) is 9.57. The van der Waals surface area contributed by atoms with Gasteiger partial charge in [0, 0.05) is 6.54 Å². The van der Waals surface area contributed by atoms with Gasteiger partial charge in [-0.05, 0) is 17.7 Å². The van der Waals surface area contributed by atoms with Crippen molar-refractivity contribution in [2.75, 3.05) is 24.3 Å². The van der Waals surface area contributed by atoms with Crippen molar-refractivity contribution in [1.29, 1.82) is 0 Å². The molecular weight excluding hydrogens is 216 g/mol. The predicted octanol–water partition coefficient (Wildman–Crippen LogP) is 2.87. The summed E-state index contributed by atoms with van der Waals surface area (Å²) < 4.78 is 10.3. The molecule has 4 nitrogen and oxygen atoms in total. The molecular formula is C13H14N2O2. The fraction of sp³-hybridized carbons (Fsp3) is 0.231. The van der Waals surface area contributed by atoms with Crippen molar-refractivity contribution in [3.8, 4) is 5.75 Å². The van der Waals surface area contributed by atoms with Crippen LogP contribution in [0, 0.1) is 0 Å². The van der Waals surface area contributed by atoms with Gasteiger partial charge in [0.2, 0.25) is 0 Å². The molecule has 2 aromatic rings. The number of anilines is 2. The quantitative estimate of drug-likeness (QED) is 0.832. The van der Waals surface area contributed by atoms with Crippen LogP contribution < -0.4 is 15.4 Å². The molecule has 4 heteroatoms. The van der Waals surface area contributed by atoms with Crippen LogP contribution in [0.3, 0.4) is 0 Å². The molecule has 0 aliphatic carbocycles. The Balaban J connectivity index is 1.81. The number of fused-ring (bicyclic) bond motifs is 1. The summed E-state index contributed by atoms with van der Waals surface area (Å²) >= 11 is 0. The van der Waals surface area contributed by atoms with E-state index in [1.807, 2.05) is 12.1 Å². The highest BCUT2D eigenvalue weighted by Gasteiger charge is 2.19. The van der Waals surface area contributed by atoms with Gasteiger partial charge in [-0.15, -0.1) is 0 Å². The molecule has 1 aromatic heterocycles. The highest BCUT2D eigenvalue weighted by molar-refractivity contribution is 5.69. The van der Waals surface area contributed by atoms with Crippen molar-refractivity contribution >= 4 is 11.4 Å². The lowest BCUT2D eigenvalue weighted by atomic mass is 10.0. The summed E-state index contributed by atoms with van der Waals surface area (Å²) in [5.41, 5.74) is 3.26. The average molecular weight is 230 g/mol. The van der Waals surface area contributed by atoms with E-state index in [-0.39, 0.29) is 6.04 Å². The predicted molar refractivity (Wildman–Crippen MR) is 66.6 cm³/mol. The Morgan fingerprint density at radius 1 is 1.18 bits per heavy atom. The topological polar surface area (TPSA) is 46.4 Å². The number of furan rings is 1. The van der Waals surface area contributed by atoms with E-state index in [1.165, 1.54) is 5.56 Å². The number of benzene rings is 1. The number of hydrogen-bond acceptors (Lipinski definition) is 4. The standard InChI is InChI=1S/C13H14N2O2/c1-16-10-4-2-9(3-5-10)11-6-14-12-7-17-8-13(12)15-11/h2-5,7-8,11,14-15H,6H2,1H3. The van der Waals surface area contributed by atoms with Gasteiger partial charge in [0.05, 0.1) is 24.5 Å². The molecule has 0 amide bonds. The van der Waals surface area contributed by atoms with Gasteiger partial charge in [0.1, 0.15) is 18.3 Å². The Hall–Kier alpha value is -2.10. The van der Waals surface area contributed by atoms with Gasteiger partial charge in [-0.2, -0.15) is 0 Å². The Kier molecular flexibility index (Phi) is 2.40. The number of ether oxygens (including phenoxy) is 1. The first-order valence-corrected chi connectivity index (χ1v) is 5.57. The van der Waals surface area contributed by atoms with E-state index in [1.54, 1.807) is 19.6 Å². The van der Waals surface area contributed by atoms with Crippen LogP contribution in [-0.4, -0.2) is 13.7 Å². The molecule has 17 heavy (non-hydrogen) atoms. The van der Waals surface area contributed by atoms with E-state index in [2.05, 4.69) is 22.8 Å². The lowest BCUT2D eigenvalue weighted by Crippen LogP contribution is -2.24. The maximum absolute atomic E-state index is 5.15. The first-order chi connectivity index (χ1) is 8.36. The van der Waals surface area contributed by atoms with Crippen LogP contribution in [0.15, 0.2) is 41.2 Å². The fourth-order valence-corrected chi connectivity index (χ4v) is 2.03. The van der Waals surface area contributed by atoms with Crippen molar-refractivity contribution < 1.29 is 9.15 Å². The van der Waals surface area contributed by atoms with Crippen LogP contribution >= 0.6 is 0 Å². The molecule has 2 N–H and O–H groups in total. The van der Waals surface area contributed by atoms with Crippen molar-refractivity contribution in [1.82, 2.24) is 0 Å². The second-order valence-electron chi connectivity index (χ2n) is 4.05. The monoisotopic (exact) mass is 230 g/mol. The van der Waals surface area contributed by atoms with E-state index in [4.69, 9.17) is 9.15 Å². The molecule has 0 saturated carbocycles. The summed E-state index contributed by atoms with van der Waals surface area (Å²) in [5.74, 6) is 0.876. The van der Waals surface area contributed by atoms with Gasteiger partial charge >= 0.3 is 0 Å². The largest absolute Gasteiger partial charge is 0.497 e. The van der Waals surface area contributed by atoms with Gasteiger partial charge < -0.3 is 19.8 Å². The molecule has 0 saturated heterocycles. The van der Waals surface area contributed by atoms with Crippen molar-refractivity contribution in [3.63, 3.8) is 0 Å². The summed E-state index contributed by atoms with van der Waals surface area (Å²) in [5, 5.41) is 6.77. The summed E-state index contributed by atoms with van der Waals surface area (Å²) in [6, 6.07) is 8.35. The van der Waals surface area contributed by atoms with Crippen molar-refractivity contribution in [2.45, 2.75) is 6.04 Å². The molecule has 0 fully saturated rings. The van der Waals surface area contributed by atoms with E-state index >= 15 is 0 Å². The van der Waals surface area contributed by atoms with Crippen LogP contribution in [0.4, 0.5) is 11.4 Å². The van der Waals surface area contributed by atoms with E-state index < -0.39 is 0 Å². The third-order valence-corrected chi connectivity index (χ3v) is 3.01. The number of rotatable bonds is 2. The van der Waals surface area contributed by atoms with Crippen LogP contribution in [0.25, 0.3) is 0 Å². The maximum Gasteiger partial charge on any atom is 0.118 e. The summed E-state index contributed by atoms with van der Waals surface area (Å²) in [4.78, 5) is 0. The SMILES string of the molecule is COc1ccc(C2CNc3cocc3N2)cc1. The van der Waals surface area contributed by atoms with E-state index in [9.17, 15) is 0 Å². The minimum absolute atomic E-state index is 0.256. The molecule has 1 aromatic carbocycles. The van der Waals surface area contributed by atoms with Crippen molar-refractivity contribution in [2.24, 2.45) is 0 Å². The van der Waals surface area contributed by atoms with Gasteiger partial charge in [-0.3, -0.25) is 0 Å². The molecule has 1 unspecified atom stereocenters. The Bertz CT molecular complexity index is 504. The number of methoxy groups -OCH3 is 1. The van der Waals surface area contributed by atoms with Crippen molar-refractivity contribution in [3.05, 3.63) is 42.4 Å². The Morgan fingerprint density at radius 2 is 1.94 bits per heavy atom. The Labute approximate surface area is 99.6 Å². The maximum atomic E-state index is 5.15. The molecule has 1 atom stereocenters. The summed E-state index contributed by atoms with van der Waals surface area (Å²) in [6.45, 7) is 0.846. The molecule has 0 spiro atoms. The average Bonchev–Trinajstić information content (AvgIpc) is 2.86. The molecule has 1 aliphatic heterocycles. The minimum Gasteiger partial charge on any atom is -0.497 e.